The lowest BCUT2D eigenvalue weighted by molar-refractivity contribution is 0.0699. The number of fused-ring (bicyclic) bond motifs is 1. The molecule has 0 spiro atoms. The molecule has 0 bridgehead atoms. The summed E-state index contributed by atoms with van der Waals surface area (Å²) in [7, 11) is 0. The Kier molecular flexibility index (Phi) is 3.47. The number of nitrogens with zero attached hydrogens (tertiary/aromatic N) is 2. The van der Waals surface area contributed by atoms with Crippen molar-refractivity contribution in [2.75, 3.05) is 0 Å². The number of hydrogen-bond donors (Lipinski definition) is 1. The fraction of sp³-hybridized carbons (Fsp3) is 0.529. The largest absolute Gasteiger partial charge is 0.478 e. The highest BCUT2D eigenvalue weighted by Crippen LogP contribution is 2.43. The summed E-state index contributed by atoms with van der Waals surface area (Å²) in [5.41, 5.74) is 1.93. The fourth-order valence-electron chi connectivity index (χ4n) is 3.24. The van der Waals surface area contributed by atoms with Gasteiger partial charge in [0.15, 0.2) is 0 Å². The third-order valence-corrected chi connectivity index (χ3v) is 4.44. The Balaban J connectivity index is 2.27. The lowest BCUT2D eigenvalue weighted by atomic mass is 10.0. The zero-order valence-electron chi connectivity index (χ0n) is 12.8. The maximum Gasteiger partial charge on any atom is 0.337 e. The molecule has 1 aromatic heterocycles. The topological polar surface area (TPSA) is 55.1 Å². The van der Waals surface area contributed by atoms with Crippen LogP contribution in [0.5, 0.6) is 0 Å². The van der Waals surface area contributed by atoms with Gasteiger partial charge in [-0.25, -0.2) is 9.78 Å². The van der Waals surface area contributed by atoms with Crippen molar-refractivity contribution < 1.29 is 9.90 Å². The summed E-state index contributed by atoms with van der Waals surface area (Å²) >= 11 is 0. The van der Waals surface area contributed by atoms with Crippen molar-refractivity contribution in [1.29, 1.82) is 0 Å². The monoisotopic (exact) mass is 286 g/mol. The summed E-state index contributed by atoms with van der Waals surface area (Å²) < 4.78 is 2.31. The van der Waals surface area contributed by atoms with Crippen LogP contribution in [0.3, 0.4) is 0 Å². The number of benzene rings is 1. The summed E-state index contributed by atoms with van der Waals surface area (Å²) in [5, 5.41) is 9.39. The van der Waals surface area contributed by atoms with Gasteiger partial charge in [-0.3, -0.25) is 0 Å². The second-order valence-corrected chi connectivity index (χ2v) is 6.31. The number of carboxylic acid groups (broad SMARTS) is 1. The number of carboxylic acids is 1. The average molecular weight is 286 g/mol. The first kappa shape index (κ1) is 14.1. The minimum Gasteiger partial charge on any atom is -0.478 e. The quantitative estimate of drug-likeness (QED) is 0.895. The zero-order chi connectivity index (χ0) is 15.1. The highest BCUT2D eigenvalue weighted by atomic mass is 16.4. The van der Waals surface area contributed by atoms with E-state index in [0.29, 0.717) is 29.0 Å². The maximum atomic E-state index is 11.4. The van der Waals surface area contributed by atoms with Crippen molar-refractivity contribution >= 4 is 17.0 Å². The first-order chi connectivity index (χ1) is 10.0. The predicted molar refractivity (Wildman–Crippen MR) is 82.8 cm³/mol. The van der Waals surface area contributed by atoms with Gasteiger partial charge in [0, 0.05) is 12.0 Å². The van der Waals surface area contributed by atoms with Crippen molar-refractivity contribution in [2.24, 2.45) is 5.92 Å². The van der Waals surface area contributed by atoms with Crippen LogP contribution in [-0.2, 0) is 0 Å². The molecule has 1 unspecified atom stereocenters. The minimum atomic E-state index is -0.898. The highest BCUT2D eigenvalue weighted by molar-refractivity contribution is 6.01. The van der Waals surface area contributed by atoms with Crippen molar-refractivity contribution in [3.05, 3.63) is 29.6 Å². The molecule has 1 atom stereocenters. The van der Waals surface area contributed by atoms with E-state index in [9.17, 15) is 9.90 Å². The van der Waals surface area contributed by atoms with E-state index in [0.717, 1.165) is 17.8 Å². The number of rotatable bonds is 5. The van der Waals surface area contributed by atoms with E-state index in [1.807, 2.05) is 12.1 Å². The number of carbonyl (C=O) groups is 1. The lowest BCUT2D eigenvalue weighted by Crippen LogP contribution is -2.16. The molecule has 1 aliphatic rings. The Morgan fingerprint density at radius 1 is 1.43 bits per heavy atom. The second kappa shape index (κ2) is 5.17. The Hall–Kier alpha value is -1.84. The van der Waals surface area contributed by atoms with Crippen LogP contribution in [0.4, 0.5) is 0 Å². The predicted octanol–water partition coefficient (Wildman–Crippen LogP) is 4.22. The van der Waals surface area contributed by atoms with Gasteiger partial charge in [0.05, 0.1) is 11.1 Å². The minimum absolute atomic E-state index is 0.312. The Morgan fingerprint density at radius 2 is 2.14 bits per heavy atom. The Labute approximate surface area is 124 Å². The summed E-state index contributed by atoms with van der Waals surface area (Å²) in [6, 6.07) is 5.85. The van der Waals surface area contributed by atoms with E-state index in [1.54, 1.807) is 6.07 Å². The highest BCUT2D eigenvalue weighted by Gasteiger charge is 2.33. The molecule has 112 valence electrons. The number of aromatic nitrogens is 2. The standard InChI is InChI=1S/C17H22N2O2/c1-4-13(10(2)3)19-14-7-5-6-12(17(20)21)15(14)18-16(19)11-8-9-11/h5-7,10-11,13H,4,8-9H2,1-3H3,(H,20,21). The van der Waals surface area contributed by atoms with E-state index >= 15 is 0 Å². The van der Waals surface area contributed by atoms with Crippen LogP contribution in [-0.4, -0.2) is 20.6 Å². The molecular formula is C17H22N2O2. The summed E-state index contributed by atoms with van der Waals surface area (Å²) in [4.78, 5) is 16.2. The molecule has 1 N–H and O–H groups in total. The molecule has 4 heteroatoms. The molecule has 0 radical (unpaired) electrons. The van der Waals surface area contributed by atoms with Crippen LogP contribution in [0, 0.1) is 5.92 Å². The molecule has 1 aromatic carbocycles. The third kappa shape index (κ3) is 2.33. The molecule has 1 heterocycles. The zero-order valence-corrected chi connectivity index (χ0v) is 12.8. The Bertz CT molecular complexity index is 683. The van der Waals surface area contributed by atoms with Crippen LogP contribution < -0.4 is 0 Å². The van der Waals surface area contributed by atoms with Crippen LogP contribution >= 0.6 is 0 Å². The summed E-state index contributed by atoms with van der Waals surface area (Å²) in [6.45, 7) is 6.63. The third-order valence-electron chi connectivity index (χ3n) is 4.44. The van der Waals surface area contributed by atoms with Crippen LogP contribution in [0.25, 0.3) is 11.0 Å². The van der Waals surface area contributed by atoms with E-state index in [4.69, 9.17) is 4.98 Å². The molecule has 1 fully saturated rings. The molecular weight excluding hydrogens is 264 g/mol. The molecule has 0 amide bonds. The summed E-state index contributed by atoms with van der Waals surface area (Å²) in [5.74, 6) is 1.19. The first-order valence-corrected chi connectivity index (χ1v) is 7.78. The van der Waals surface area contributed by atoms with Crippen molar-refractivity contribution in [3.8, 4) is 0 Å². The van der Waals surface area contributed by atoms with Gasteiger partial charge in [-0.2, -0.15) is 0 Å². The first-order valence-electron chi connectivity index (χ1n) is 7.78. The van der Waals surface area contributed by atoms with Crippen molar-refractivity contribution in [1.82, 2.24) is 9.55 Å². The van der Waals surface area contributed by atoms with E-state index in [-0.39, 0.29) is 0 Å². The van der Waals surface area contributed by atoms with Gasteiger partial charge < -0.3 is 9.67 Å². The number of hydrogen-bond acceptors (Lipinski definition) is 2. The van der Waals surface area contributed by atoms with Gasteiger partial charge in [0.25, 0.3) is 0 Å². The van der Waals surface area contributed by atoms with Crippen LogP contribution in [0.1, 0.15) is 68.2 Å². The molecule has 21 heavy (non-hydrogen) atoms. The van der Waals surface area contributed by atoms with Gasteiger partial charge in [-0.15, -0.1) is 0 Å². The van der Waals surface area contributed by atoms with E-state index in [2.05, 4.69) is 25.3 Å². The van der Waals surface area contributed by atoms with Gasteiger partial charge in [0.2, 0.25) is 0 Å². The molecule has 1 aliphatic carbocycles. The molecule has 4 nitrogen and oxygen atoms in total. The molecule has 1 saturated carbocycles. The van der Waals surface area contributed by atoms with E-state index in [1.165, 1.54) is 12.8 Å². The number of aromatic carboxylic acids is 1. The SMILES string of the molecule is CCC(C(C)C)n1c(C2CC2)nc2c(C(=O)O)cccc21. The number of para-hydroxylation sites is 1. The number of imidazole rings is 1. The van der Waals surface area contributed by atoms with Gasteiger partial charge >= 0.3 is 5.97 Å². The maximum absolute atomic E-state index is 11.4. The second-order valence-electron chi connectivity index (χ2n) is 6.31. The Morgan fingerprint density at radius 3 is 2.67 bits per heavy atom. The molecule has 0 aliphatic heterocycles. The smallest absolute Gasteiger partial charge is 0.337 e. The molecule has 2 aromatic rings. The van der Waals surface area contributed by atoms with Crippen molar-refractivity contribution in [3.63, 3.8) is 0 Å². The average Bonchev–Trinajstić information content (AvgIpc) is 3.21. The fourth-order valence-corrected chi connectivity index (χ4v) is 3.24. The van der Waals surface area contributed by atoms with E-state index < -0.39 is 5.97 Å². The molecule has 0 saturated heterocycles. The van der Waals surface area contributed by atoms with Gasteiger partial charge in [-0.05, 0) is 37.3 Å². The normalized spacial score (nSPS) is 16.6. The lowest BCUT2D eigenvalue weighted by Gasteiger charge is -2.24. The van der Waals surface area contributed by atoms with Gasteiger partial charge in [0.1, 0.15) is 11.3 Å². The van der Waals surface area contributed by atoms with Crippen LogP contribution in [0.2, 0.25) is 0 Å². The van der Waals surface area contributed by atoms with Crippen LogP contribution in [0.15, 0.2) is 18.2 Å². The summed E-state index contributed by atoms with van der Waals surface area (Å²) in [6.07, 6.45) is 3.36. The van der Waals surface area contributed by atoms with Gasteiger partial charge in [-0.1, -0.05) is 26.8 Å². The van der Waals surface area contributed by atoms with Crippen molar-refractivity contribution in [2.45, 2.75) is 52.0 Å². The molecule has 3 rings (SSSR count).